The molecule has 1 amide bonds. The van der Waals surface area contributed by atoms with E-state index >= 15 is 0 Å². The Morgan fingerprint density at radius 3 is 1.61 bits per heavy atom. The van der Waals surface area contributed by atoms with Gasteiger partial charge in [0.05, 0.1) is 58.3 Å². The van der Waals surface area contributed by atoms with Crippen LogP contribution >= 0.6 is 0 Å². The van der Waals surface area contributed by atoms with E-state index in [2.05, 4.69) is 108 Å². The van der Waals surface area contributed by atoms with E-state index in [0.29, 0.717) is 26.4 Å². The average Bonchev–Trinajstić information content (AvgIpc) is 3.17. The number of hydrogen-bond donors (Lipinski definition) is 0. The van der Waals surface area contributed by atoms with Crippen molar-refractivity contribution in [1.29, 1.82) is 0 Å². The van der Waals surface area contributed by atoms with Gasteiger partial charge in [0.25, 0.3) is 0 Å². The summed E-state index contributed by atoms with van der Waals surface area (Å²) < 4.78 is 38.4. The van der Waals surface area contributed by atoms with Gasteiger partial charge in [-0.05, 0) is 77.6 Å². The Balaban J connectivity index is 2.43. The van der Waals surface area contributed by atoms with Crippen LogP contribution in [0, 0.1) is 29.6 Å². The molecular weight excluding hydrogens is 771 g/mol. The summed E-state index contributed by atoms with van der Waals surface area (Å²) in [6, 6.07) is 16.0. The lowest BCUT2D eigenvalue weighted by molar-refractivity contribution is -0.141. The average molecular weight is 854 g/mol. The molecule has 334 valence electrons. The summed E-state index contributed by atoms with van der Waals surface area (Å²) in [7, 11) is 0.763. The SMILES string of the molecule is C=C/C=C/C(C)C(OCc1ccc(OC)cc1)C(C)C(O[Si](C)(C)C(C)(C)C)C(C)C(=O)N(C)CC(C)C(O[Si](C)(C)C(C)(C)C)C(C)COCc1ccc(OC)cc1. The Labute approximate surface area is 362 Å². The van der Waals surface area contributed by atoms with Crippen LogP contribution in [0.15, 0.2) is 73.3 Å². The predicted molar refractivity (Wildman–Crippen MR) is 251 cm³/mol. The topological polar surface area (TPSA) is 75.7 Å². The first-order valence-electron chi connectivity index (χ1n) is 21.6. The summed E-state index contributed by atoms with van der Waals surface area (Å²) >= 11 is 0. The van der Waals surface area contributed by atoms with E-state index in [4.69, 9.17) is 27.8 Å². The van der Waals surface area contributed by atoms with Crippen LogP contribution in [0.1, 0.15) is 87.3 Å². The van der Waals surface area contributed by atoms with E-state index in [1.165, 1.54) is 0 Å². The van der Waals surface area contributed by atoms with Crippen molar-refractivity contribution in [2.75, 3.05) is 34.4 Å². The summed E-state index contributed by atoms with van der Waals surface area (Å²) in [4.78, 5) is 16.7. The number of carbonyl (C=O) groups excluding carboxylic acids is 1. The lowest BCUT2D eigenvalue weighted by atomic mass is 9.83. The molecule has 0 spiro atoms. The zero-order valence-electron chi connectivity index (χ0n) is 40.3. The molecule has 0 heterocycles. The van der Waals surface area contributed by atoms with E-state index in [9.17, 15) is 4.79 Å². The van der Waals surface area contributed by atoms with Gasteiger partial charge < -0.3 is 32.7 Å². The van der Waals surface area contributed by atoms with Gasteiger partial charge in [0.1, 0.15) is 11.5 Å². The van der Waals surface area contributed by atoms with Crippen molar-refractivity contribution in [1.82, 2.24) is 4.90 Å². The number of ether oxygens (including phenoxy) is 4. The first-order valence-corrected chi connectivity index (χ1v) is 27.5. The Morgan fingerprint density at radius 2 is 1.17 bits per heavy atom. The minimum atomic E-state index is -2.34. The van der Waals surface area contributed by atoms with Crippen molar-refractivity contribution in [2.45, 2.75) is 144 Å². The second-order valence-corrected chi connectivity index (χ2v) is 29.5. The van der Waals surface area contributed by atoms with E-state index in [1.807, 2.05) is 73.5 Å². The molecule has 0 saturated heterocycles. The summed E-state index contributed by atoms with van der Waals surface area (Å²) in [5, 5.41) is -0.0266. The van der Waals surface area contributed by atoms with Crippen LogP contribution in [0.5, 0.6) is 11.5 Å². The third-order valence-corrected chi connectivity index (χ3v) is 21.9. The van der Waals surface area contributed by atoms with Crippen molar-refractivity contribution in [2.24, 2.45) is 29.6 Å². The van der Waals surface area contributed by atoms with Crippen molar-refractivity contribution in [3.63, 3.8) is 0 Å². The molecule has 0 saturated carbocycles. The number of carbonyl (C=O) groups is 1. The lowest BCUT2D eigenvalue weighted by Gasteiger charge is -2.45. The fourth-order valence-corrected chi connectivity index (χ4v) is 9.98. The maximum atomic E-state index is 14.8. The molecule has 10 heteroatoms. The van der Waals surface area contributed by atoms with Crippen LogP contribution in [0.4, 0.5) is 0 Å². The number of methoxy groups -OCH3 is 2. The normalized spacial score (nSPS) is 17.1. The van der Waals surface area contributed by atoms with Crippen molar-refractivity contribution < 1.29 is 32.6 Å². The number of benzene rings is 2. The quantitative estimate of drug-likeness (QED) is 0.0769. The molecule has 0 bridgehead atoms. The molecule has 0 aliphatic heterocycles. The number of nitrogens with zero attached hydrogens (tertiary/aromatic N) is 1. The van der Waals surface area contributed by atoms with Gasteiger partial charge in [-0.3, -0.25) is 4.79 Å². The summed E-state index contributed by atoms with van der Waals surface area (Å²) in [6.45, 7) is 39.5. The zero-order valence-corrected chi connectivity index (χ0v) is 42.3. The van der Waals surface area contributed by atoms with Crippen molar-refractivity contribution in [3.8, 4) is 11.5 Å². The van der Waals surface area contributed by atoms with Crippen LogP contribution in [-0.4, -0.2) is 80.2 Å². The van der Waals surface area contributed by atoms with Crippen LogP contribution in [-0.2, 0) is 36.3 Å². The summed E-state index contributed by atoms with van der Waals surface area (Å²) in [5.41, 5.74) is 2.15. The van der Waals surface area contributed by atoms with E-state index < -0.39 is 22.6 Å². The molecule has 0 aliphatic rings. The predicted octanol–water partition coefficient (Wildman–Crippen LogP) is 12.0. The largest absolute Gasteiger partial charge is 0.497 e. The first kappa shape index (κ1) is 52.4. The van der Waals surface area contributed by atoms with Gasteiger partial charge in [0.15, 0.2) is 16.6 Å². The van der Waals surface area contributed by atoms with Crippen molar-refractivity contribution >= 4 is 22.5 Å². The van der Waals surface area contributed by atoms with Gasteiger partial charge >= 0.3 is 0 Å². The maximum absolute atomic E-state index is 14.8. The van der Waals surface area contributed by atoms with Gasteiger partial charge in [-0.1, -0.05) is 125 Å². The van der Waals surface area contributed by atoms with Crippen LogP contribution < -0.4 is 9.47 Å². The number of amides is 1. The molecule has 8 nitrogen and oxygen atoms in total. The first-order chi connectivity index (χ1) is 27.3. The smallest absolute Gasteiger partial charge is 0.227 e. The van der Waals surface area contributed by atoms with Gasteiger partial charge in [0, 0.05) is 31.3 Å². The second kappa shape index (κ2) is 22.9. The maximum Gasteiger partial charge on any atom is 0.227 e. The monoisotopic (exact) mass is 854 g/mol. The fourth-order valence-electron chi connectivity index (χ4n) is 7.03. The Kier molecular flexibility index (Phi) is 20.4. The second-order valence-electron chi connectivity index (χ2n) is 20.0. The fraction of sp³-hybridized carbons (Fsp3) is 0.653. The molecule has 2 rings (SSSR count). The highest BCUT2D eigenvalue weighted by Crippen LogP contribution is 2.42. The zero-order chi connectivity index (χ0) is 44.9. The molecule has 2 aromatic carbocycles. The molecule has 0 N–H and O–H groups in total. The summed E-state index contributed by atoms with van der Waals surface area (Å²) in [5.74, 6) is 1.33. The Hall–Kier alpha value is -2.74. The number of rotatable bonds is 24. The third kappa shape index (κ3) is 15.6. The molecule has 0 radical (unpaired) electrons. The van der Waals surface area contributed by atoms with E-state index in [1.54, 1.807) is 20.3 Å². The molecule has 0 aromatic heterocycles. The van der Waals surface area contributed by atoms with Gasteiger partial charge in [-0.2, -0.15) is 0 Å². The van der Waals surface area contributed by atoms with E-state index in [0.717, 1.165) is 22.6 Å². The summed E-state index contributed by atoms with van der Waals surface area (Å²) in [6.07, 6.45) is 5.18. The minimum absolute atomic E-state index is 0.0271. The number of allylic oxidation sites excluding steroid dienone is 2. The van der Waals surface area contributed by atoms with Gasteiger partial charge in [-0.25, -0.2) is 0 Å². The van der Waals surface area contributed by atoms with Crippen LogP contribution in [0.2, 0.25) is 36.3 Å². The molecule has 59 heavy (non-hydrogen) atoms. The molecule has 8 atom stereocenters. The molecular formula is C49H83NO7Si2. The molecule has 0 fully saturated rings. The van der Waals surface area contributed by atoms with Crippen LogP contribution in [0.3, 0.4) is 0 Å². The van der Waals surface area contributed by atoms with Crippen molar-refractivity contribution in [3.05, 3.63) is 84.5 Å². The molecule has 0 aliphatic carbocycles. The standard InChI is InChI=1S/C49H83NO7Si2/c1-20-21-22-35(2)45(55-34-41-25-29-43(53-15)30-26-41)38(5)46(57-59(18,19)49(10,11)12)39(6)47(51)50(13)31-36(3)44(56-58(16,17)48(7,8)9)37(4)32-54-33-40-23-27-42(52-14)28-24-40/h20-30,35-39,44-46H,1,31-34H2,2-19H3/b22-21+. The lowest BCUT2D eigenvalue weighted by Crippen LogP contribution is -2.53. The minimum Gasteiger partial charge on any atom is -0.497 e. The highest BCUT2D eigenvalue weighted by atomic mass is 28.4. The highest BCUT2D eigenvalue weighted by molar-refractivity contribution is 6.74. The Morgan fingerprint density at radius 1 is 0.712 bits per heavy atom. The number of hydrogen-bond acceptors (Lipinski definition) is 7. The van der Waals surface area contributed by atoms with E-state index in [-0.39, 0.29) is 58.0 Å². The Bertz CT molecular complexity index is 1580. The molecule has 2 aromatic rings. The highest BCUT2D eigenvalue weighted by Gasteiger charge is 2.46. The van der Waals surface area contributed by atoms with Gasteiger partial charge in [-0.15, -0.1) is 0 Å². The third-order valence-electron chi connectivity index (χ3n) is 12.9. The van der Waals surface area contributed by atoms with Gasteiger partial charge in [0.2, 0.25) is 5.91 Å². The molecule has 8 unspecified atom stereocenters. The van der Waals surface area contributed by atoms with Crippen LogP contribution in [0.25, 0.3) is 0 Å².